The summed E-state index contributed by atoms with van der Waals surface area (Å²) in [5, 5.41) is 0. The molecule has 1 atom stereocenters. The quantitative estimate of drug-likeness (QED) is 0.773. The summed E-state index contributed by atoms with van der Waals surface area (Å²) in [6.07, 6.45) is 2.49. The number of benzene rings is 1. The SMILES string of the molecule is COCC(=O)N(Cc1ccccc1)C(C)C1CC1. The smallest absolute Gasteiger partial charge is 0.249 e. The molecule has 0 bridgehead atoms. The monoisotopic (exact) mass is 247 g/mol. The highest BCUT2D eigenvalue weighted by atomic mass is 16.5. The van der Waals surface area contributed by atoms with Crippen molar-refractivity contribution in [2.75, 3.05) is 13.7 Å². The molecule has 18 heavy (non-hydrogen) atoms. The third-order valence-corrected chi connectivity index (χ3v) is 3.58. The Morgan fingerprint density at radius 2 is 2.06 bits per heavy atom. The third-order valence-electron chi connectivity index (χ3n) is 3.58. The molecule has 3 heteroatoms. The Morgan fingerprint density at radius 1 is 1.39 bits per heavy atom. The molecule has 0 heterocycles. The highest BCUT2D eigenvalue weighted by Crippen LogP contribution is 2.35. The van der Waals surface area contributed by atoms with Crippen molar-refractivity contribution >= 4 is 5.91 Å². The van der Waals surface area contributed by atoms with Gasteiger partial charge in [-0.05, 0) is 31.2 Å². The number of rotatable bonds is 6. The Kier molecular flexibility index (Phi) is 4.37. The molecule has 1 saturated carbocycles. The van der Waals surface area contributed by atoms with E-state index in [0.717, 1.165) is 0 Å². The molecule has 1 amide bonds. The maximum atomic E-state index is 12.1. The summed E-state index contributed by atoms with van der Waals surface area (Å²) >= 11 is 0. The number of amides is 1. The van der Waals surface area contributed by atoms with Crippen LogP contribution < -0.4 is 0 Å². The Labute approximate surface area is 109 Å². The zero-order chi connectivity index (χ0) is 13.0. The van der Waals surface area contributed by atoms with Gasteiger partial charge in [0.15, 0.2) is 0 Å². The second kappa shape index (κ2) is 6.01. The lowest BCUT2D eigenvalue weighted by Gasteiger charge is -2.29. The van der Waals surface area contributed by atoms with E-state index in [1.165, 1.54) is 18.4 Å². The highest BCUT2D eigenvalue weighted by molar-refractivity contribution is 5.77. The van der Waals surface area contributed by atoms with Crippen LogP contribution in [0.1, 0.15) is 25.3 Å². The average molecular weight is 247 g/mol. The Bertz CT molecular complexity index is 387. The van der Waals surface area contributed by atoms with Crippen LogP contribution in [0.2, 0.25) is 0 Å². The molecule has 1 unspecified atom stereocenters. The molecule has 1 aromatic carbocycles. The third kappa shape index (κ3) is 3.33. The summed E-state index contributed by atoms with van der Waals surface area (Å²) in [7, 11) is 1.57. The molecule has 0 radical (unpaired) electrons. The van der Waals surface area contributed by atoms with Crippen LogP contribution in [0, 0.1) is 5.92 Å². The molecule has 1 fully saturated rings. The molecule has 1 aromatic rings. The van der Waals surface area contributed by atoms with Crippen molar-refractivity contribution in [2.24, 2.45) is 5.92 Å². The maximum Gasteiger partial charge on any atom is 0.249 e. The first kappa shape index (κ1) is 13.1. The first-order valence-electron chi connectivity index (χ1n) is 6.54. The molecular formula is C15H21NO2. The van der Waals surface area contributed by atoms with Crippen LogP contribution in [-0.2, 0) is 16.1 Å². The van der Waals surface area contributed by atoms with Gasteiger partial charge in [-0.2, -0.15) is 0 Å². The van der Waals surface area contributed by atoms with Crippen molar-refractivity contribution in [3.63, 3.8) is 0 Å². The van der Waals surface area contributed by atoms with Crippen LogP contribution in [0.5, 0.6) is 0 Å². The fourth-order valence-corrected chi connectivity index (χ4v) is 2.28. The fourth-order valence-electron chi connectivity index (χ4n) is 2.28. The van der Waals surface area contributed by atoms with Crippen molar-refractivity contribution in [2.45, 2.75) is 32.4 Å². The topological polar surface area (TPSA) is 29.5 Å². The minimum absolute atomic E-state index is 0.0840. The molecule has 0 aromatic heterocycles. The van der Waals surface area contributed by atoms with Crippen molar-refractivity contribution in [1.82, 2.24) is 4.90 Å². The van der Waals surface area contributed by atoms with Gasteiger partial charge in [0.1, 0.15) is 6.61 Å². The van der Waals surface area contributed by atoms with Crippen molar-refractivity contribution in [1.29, 1.82) is 0 Å². The molecule has 2 rings (SSSR count). The van der Waals surface area contributed by atoms with E-state index in [2.05, 4.69) is 19.1 Å². The van der Waals surface area contributed by atoms with Crippen molar-refractivity contribution in [3.8, 4) is 0 Å². The number of carbonyl (C=O) groups is 1. The van der Waals surface area contributed by atoms with Crippen molar-refractivity contribution in [3.05, 3.63) is 35.9 Å². The summed E-state index contributed by atoms with van der Waals surface area (Å²) in [5.74, 6) is 0.760. The van der Waals surface area contributed by atoms with Gasteiger partial charge in [0, 0.05) is 19.7 Å². The van der Waals surface area contributed by atoms with E-state index in [4.69, 9.17) is 4.74 Å². The molecule has 3 nitrogen and oxygen atoms in total. The van der Waals surface area contributed by atoms with E-state index < -0.39 is 0 Å². The molecule has 0 spiro atoms. The number of carbonyl (C=O) groups excluding carboxylic acids is 1. The van der Waals surface area contributed by atoms with Gasteiger partial charge in [0.2, 0.25) is 5.91 Å². The van der Waals surface area contributed by atoms with Gasteiger partial charge < -0.3 is 9.64 Å². The predicted octanol–water partition coefficient (Wildman–Crippen LogP) is 2.46. The Morgan fingerprint density at radius 3 is 2.61 bits per heavy atom. The molecule has 98 valence electrons. The molecular weight excluding hydrogens is 226 g/mol. The van der Waals surface area contributed by atoms with Gasteiger partial charge in [0.05, 0.1) is 0 Å². The molecule has 0 saturated heterocycles. The van der Waals surface area contributed by atoms with Gasteiger partial charge >= 0.3 is 0 Å². The summed E-state index contributed by atoms with van der Waals surface area (Å²) in [4.78, 5) is 14.1. The standard InChI is InChI=1S/C15H21NO2/c1-12(14-8-9-14)16(15(17)11-18-2)10-13-6-4-3-5-7-13/h3-7,12,14H,8-11H2,1-2H3. The first-order chi connectivity index (χ1) is 8.72. The van der Waals surface area contributed by atoms with E-state index >= 15 is 0 Å². The van der Waals surface area contributed by atoms with Crippen LogP contribution in [0.3, 0.4) is 0 Å². The zero-order valence-electron chi connectivity index (χ0n) is 11.1. The summed E-state index contributed by atoms with van der Waals surface area (Å²) in [6, 6.07) is 10.5. The Balaban J connectivity index is 2.06. The number of ether oxygens (including phenoxy) is 1. The fraction of sp³-hybridized carbons (Fsp3) is 0.533. The lowest BCUT2D eigenvalue weighted by molar-refractivity contribution is -0.138. The highest BCUT2D eigenvalue weighted by Gasteiger charge is 2.34. The number of nitrogens with zero attached hydrogens (tertiary/aromatic N) is 1. The average Bonchev–Trinajstić information content (AvgIpc) is 3.21. The molecule has 1 aliphatic rings. The Hall–Kier alpha value is -1.35. The summed E-state index contributed by atoms with van der Waals surface area (Å²) in [5.41, 5.74) is 1.18. The lowest BCUT2D eigenvalue weighted by atomic mass is 10.1. The van der Waals surface area contributed by atoms with Gasteiger partial charge in [0.25, 0.3) is 0 Å². The molecule has 0 N–H and O–H groups in total. The largest absolute Gasteiger partial charge is 0.375 e. The summed E-state index contributed by atoms with van der Waals surface area (Å²) in [6.45, 7) is 3.00. The van der Waals surface area contributed by atoms with Crippen molar-refractivity contribution < 1.29 is 9.53 Å². The number of hydrogen-bond donors (Lipinski definition) is 0. The number of hydrogen-bond acceptors (Lipinski definition) is 2. The van der Waals surface area contributed by atoms with E-state index in [1.54, 1.807) is 7.11 Å². The maximum absolute atomic E-state index is 12.1. The van der Waals surface area contributed by atoms with E-state index in [0.29, 0.717) is 18.5 Å². The van der Waals surface area contributed by atoms with Gasteiger partial charge in [-0.3, -0.25) is 4.79 Å². The van der Waals surface area contributed by atoms with Gasteiger partial charge in [-0.1, -0.05) is 30.3 Å². The lowest BCUT2D eigenvalue weighted by Crippen LogP contribution is -2.41. The molecule has 0 aliphatic heterocycles. The second-order valence-electron chi connectivity index (χ2n) is 5.02. The van der Waals surface area contributed by atoms with E-state index in [-0.39, 0.29) is 12.5 Å². The van der Waals surface area contributed by atoms with Gasteiger partial charge in [-0.25, -0.2) is 0 Å². The summed E-state index contributed by atoms with van der Waals surface area (Å²) < 4.78 is 4.98. The zero-order valence-corrected chi connectivity index (χ0v) is 11.1. The second-order valence-corrected chi connectivity index (χ2v) is 5.02. The predicted molar refractivity (Wildman–Crippen MR) is 71.1 cm³/mol. The first-order valence-corrected chi connectivity index (χ1v) is 6.54. The van der Waals surface area contributed by atoms with Crippen LogP contribution in [-0.4, -0.2) is 30.6 Å². The van der Waals surface area contributed by atoms with Crippen LogP contribution in [0.25, 0.3) is 0 Å². The minimum atomic E-state index is 0.0840. The van der Waals surface area contributed by atoms with Gasteiger partial charge in [-0.15, -0.1) is 0 Å². The number of methoxy groups -OCH3 is 1. The minimum Gasteiger partial charge on any atom is -0.375 e. The van der Waals surface area contributed by atoms with E-state index in [9.17, 15) is 4.79 Å². The molecule has 1 aliphatic carbocycles. The van der Waals surface area contributed by atoms with Crippen LogP contribution >= 0.6 is 0 Å². The van der Waals surface area contributed by atoms with Crippen LogP contribution in [0.4, 0.5) is 0 Å². The van der Waals surface area contributed by atoms with Crippen LogP contribution in [0.15, 0.2) is 30.3 Å². The normalized spacial score (nSPS) is 16.3. The van der Waals surface area contributed by atoms with E-state index in [1.807, 2.05) is 23.1 Å².